The van der Waals surface area contributed by atoms with Crippen molar-refractivity contribution < 1.29 is 4.79 Å². The van der Waals surface area contributed by atoms with Crippen molar-refractivity contribution in [1.82, 2.24) is 20.0 Å². The first-order valence-electron chi connectivity index (χ1n) is 11.3. The Bertz CT molecular complexity index is 1270. The summed E-state index contributed by atoms with van der Waals surface area (Å²) in [7, 11) is 0. The fourth-order valence-corrected chi connectivity index (χ4v) is 8.09. The Morgan fingerprint density at radius 2 is 1.62 bits per heavy atom. The molecule has 2 aromatic heterocycles. The van der Waals surface area contributed by atoms with Crippen LogP contribution in [0.25, 0.3) is 11.3 Å². The van der Waals surface area contributed by atoms with Crippen LogP contribution in [0.5, 0.6) is 0 Å². The molecule has 4 aromatic rings. The molecule has 1 amide bonds. The highest BCUT2D eigenvalue weighted by molar-refractivity contribution is 9.11. The molecule has 34 heavy (non-hydrogen) atoms. The van der Waals surface area contributed by atoms with E-state index >= 15 is 0 Å². The lowest BCUT2D eigenvalue weighted by atomic mass is 9.96. The Labute approximate surface area is 215 Å². The third-order valence-corrected chi connectivity index (χ3v) is 9.50. The number of benzene rings is 2. The molecule has 5 nitrogen and oxygen atoms in total. The van der Waals surface area contributed by atoms with Crippen LogP contribution in [0.1, 0.15) is 33.2 Å². The largest absolute Gasteiger partial charge is 0.335 e. The minimum absolute atomic E-state index is 0.0581. The van der Waals surface area contributed by atoms with Gasteiger partial charge in [0, 0.05) is 43.1 Å². The highest BCUT2D eigenvalue weighted by Crippen LogP contribution is 2.47. The topological polar surface area (TPSA) is 52.2 Å². The number of thiophene rings is 1. The van der Waals surface area contributed by atoms with E-state index in [-0.39, 0.29) is 11.9 Å². The molecule has 6 rings (SSSR count). The van der Waals surface area contributed by atoms with Crippen molar-refractivity contribution >= 4 is 44.9 Å². The van der Waals surface area contributed by atoms with Crippen LogP contribution in [0.15, 0.2) is 74.7 Å². The molecule has 0 atom stereocenters. The fourth-order valence-electron chi connectivity index (χ4n) is 4.89. The zero-order chi connectivity index (χ0) is 23.1. The van der Waals surface area contributed by atoms with E-state index in [4.69, 9.17) is 0 Å². The Kier molecular flexibility index (Phi) is 6.07. The van der Waals surface area contributed by atoms with Crippen LogP contribution < -0.4 is 0 Å². The number of nitrogens with one attached hydrogen (secondary N) is 1. The summed E-state index contributed by atoms with van der Waals surface area (Å²) >= 11 is 7.09. The van der Waals surface area contributed by atoms with Gasteiger partial charge in [-0.2, -0.15) is 5.10 Å². The maximum atomic E-state index is 13.5. The van der Waals surface area contributed by atoms with Crippen LogP contribution in [0.3, 0.4) is 0 Å². The summed E-state index contributed by atoms with van der Waals surface area (Å²) < 4.78 is 2.35. The maximum absolute atomic E-state index is 13.5. The van der Waals surface area contributed by atoms with E-state index in [0.717, 1.165) is 39.4 Å². The van der Waals surface area contributed by atoms with Crippen LogP contribution in [-0.4, -0.2) is 52.1 Å². The number of amides is 1. The minimum Gasteiger partial charge on any atom is -0.335 e. The van der Waals surface area contributed by atoms with E-state index in [2.05, 4.69) is 97.8 Å². The molecule has 0 bridgehead atoms. The Balaban J connectivity index is 1.21. The van der Waals surface area contributed by atoms with E-state index in [1.807, 2.05) is 4.90 Å². The van der Waals surface area contributed by atoms with Gasteiger partial charge in [-0.25, -0.2) is 0 Å². The highest BCUT2D eigenvalue weighted by Gasteiger charge is 2.32. The maximum Gasteiger partial charge on any atom is 0.272 e. The van der Waals surface area contributed by atoms with E-state index in [9.17, 15) is 4.79 Å². The molecule has 4 heterocycles. The van der Waals surface area contributed by atoms with Gasteiger partial charge >= 0.3 is 0 Å². The van der Waals surface area contributed by atoms with Gasteiger partial charge in [-0.15, -0.1) is 23.1 Å². The second-order valence-corrected chi connectivity index (χ2v) is 12.2. The van der Waals surface area contributed by atoms with Crippen molar-refractivity contribution in [2.24, 2.45) is 0 Å². The summed E-state index contributed by atoms with van der Waals surface area (Å²) in [6.07, 6.45) is 0. The van der Waals surface area contributed by atoms with Crippen LogP contribution in [-0.2, 0) is 5.75 Å². The lowest BCUT2D eigenvalue weighted by Gasteiger charge is -2.39. The quantitative estimate of drug-likeness (QED) is 0.336. The first-order valence-corrected chi connectivity index (χ1v) is 13.9. The van der Waals surface area contributed by atoms with Gasteiger partial charge in [0.2, 0.25) is 0 Å². The molecule has 1 N–H and O–H groups in total. The van der Waals surface area contributed by atoms with Gasteiger partial charge in [-0.05, 0) is 33.1 Å². The normalized spacial score (nSPS) is 15.9. The predicted molar refractivity (Wildman–Crippen MR) is 141 cm³/mol. The number of aromatic nitrogens is 2. The molecule has 0 unspecified atom stereocenters. The first kappa shape index (κ1) is 22.1. The zero-order valence-electron chi connectivity index (χ0n) is 18.4. The molecule has 2 aliphatic rings. The molecule has 8 heteroatoms. The number of thioether (sulfide) groups is 1. The van der Waals surface area contributed by atoms with Crippen LogP contribution in [0.2, 0.25) is 0 Å². The number of carbonyl (C=O) groups is 1. The van der Waals surface area contributed by atoms with Crippen LogP contribution in [0.4, 0.5) is 0 Å². The van der Waals surface area contributed by atoms with Crippen molar-refractivity contribution in [2.75, 3.05) is 26.2 Å². The molecule has 2 aromatic carbocycles. The van der Waals surface area contributed by atoms with Gasteiger partial charge in [0.05, 0.1) is 19.7 Å². The molecular weight excluding hydrogens is 528 g/mol. The predicted octanol–water partition coefficient (Wildman–Crippen LogP) is 6.05. The van der Waals surface area contributed by atoms with Crippen molar-refractivity contribution in [3.63, 3.8) is 0 Å². The Morgan fingerprint density at radius 1 is 0.971 bits per heavy atom. The number of halogens is 1. The van der Waals surface area contributed by atoms with E-state index in [1.54, 1.807) is 23.1 Å². The summed E-state index contributed by atoms with van der Waals surface area (Å²) in [5.74, 6) is 0.833. The van der Waals surface area contributed by atoms with Crippen molar-refractivity contribution in [1.29, 1.82) is 0 Å². The van der Waals surface area contributed by atoms with Crippen molar-refractivity contribution in [2.45, 2.75) is 16.0 Å². The number of H-pyrrole nitrogens is 1. The molecule has 0 spiro atoms. The number of aromatic amines is 1. The molecule has 1 saturated heterocycles. The average molecular weight is 552 g/mol. The third kappa shape index (κ3) is 4.02. The lowest BCUT2D eigenvalue weighted by Crippen LogP contribution is -2.50. The van der Waals surface area contributed by atoms with Gasteiger partial charge in [-0.3, -0.25) is 14.8 Å². The van der Waals surface area contributed by atoms with Gasteiger partial charge in [0.15, 0.2) is 0 Å². The Morgan fingerprint density at radius 3 is 2.26 bits per heavy atom. The second-order valence-electron chi connectivity index (χ2n) is 8.52. The molecular formula is C26H23BrN4OS2. The van der Waals surface area contributed by atoms with Gasteiger partial charge in [0.25, 0.3) is 5.91 Å². The smallest absolute Gasteiger partial charge is 0.272 e. The number of piperazine rings is 1. The number of hydrogen-bond acceptors (Lipinski definition) is 5. The van der Waals surface area contributed by atoms with Crippen LogP contribution in [0, 0.1) is 0 Å². The van der Waals surface area contributed by atoms with Crippen molar-refractivity contribution in [3.8, 4) is 11.3 Å². The first-order chi connectivity index (χ1) is 16.7. The number of carbonyl (C=O) groups excluding carboxylic acids is 1. The number of rotatable bonds is 4. The summed E-state index contributed by atoms with van der Waals surface area (Å²) in [5.41, 5.74) is 6.28. The molecule has 0 aliphatic carbocycles. The molecule has 1 fully saturated rings. The Hall–Kier alpha value is -2.39. The molecule has 0 saturated carbocycles. The zero-order valence-corrected chi connectivity index (χ0v) is 21.6. The monoisotopic (exact) mass is 550 g/mol. The summed E-state index contributed by atoms with van der Waals surface area (Å²) in [6.45, 7) is 3.05. The number of hydrogen-bond donors (Lipinski definition) is 1. The SMILES string of the molecule is O=C(c1[nH]nc2c1CSc1sc(Br)cc1-2)N1CCN(C(c2ccccc2)c2ccccc2)CC1. The summed E-state index contributed by atoms with van der Waals surface area (Å²) in [4.78, 5) is 17.9. The lowest BCUT2D eigenvalue weighted by molar-refractivity contribution is 0.0591. The second kappa shape index (κ2) is 9.34. The van der Waals surface area contributed by atoms with E-state index < -0.39 is 0 Å². The van der Waals surface area contributed by atoms with Gasteiger partial charge < -0.3 is 4.90 Å². The molecule has 2 aliphatic heterocycles. The van der Waals surface area contributed by atoms with Crippen molar-refractivity contribution in [3.05, 3.63) is 92.9 Å². The molecule has 172 valence electrons. The van der Waals surface area contributed by atoms with E-state index in [0.29, 0.717) is 18.8 Å². The average Bonchev–Trinajstić information content (AvgIpc) is 3.48. The highest BCUT2D eigenvalue weighted by atomic mass is 79.9. The third-order valence-electron chi connectivity index (χ3n) is 6.55. The number of fused-ring (bicyclic) bond motifs is 3. The van der Waals surface area contributed by atoms with Gasteiger partial charge in [0.1, 0.15) is 5.69 Å². The van der Waals surface area contributed by atoms with Gasteiger partial charge in [-0.1, -0.05) is 60.7 Å². The summed E-state index contributed by atoms with van der Waals surface area (Å²) in [6, 6.07) is 23.6. The van der Waals surface area contributed by atoms with E-state index in [1.165, 1.54) is 15.3 Å². The van der Waals surface area contributed by atoms with Crippen LogP contribution >= 0.6 is 39.0 Å². The standard InChI is InChI=1S/C26H23BrN4OS2/c27-21-15-19-22-20(16-33-26(19)34-21)23(29-28-22)25(32)31-13-11-30(12-14-31)24(17-7-3-1-4-8-17)18-9-5-2-6-10-18/h1-10,15,24H,11-14,16H2,(H,28,29). The minimum atomic E-state index is 0.0581. The molecule has 0 radical (unpaired) electrons. The number of nitrogens with zero attached hydrogens (tertiary/aromatic N) is 3. The summed E-state index contributed by atoms with van der Waals surface area (Å²) in [5, 5.41) is 7.61. The fraction of sp³-hybridized carbons (Fsp3) is 0.231.